The van der Waals surface area contributed by atoms with Gasteiger partial charge in [0.2, 0.25) is 10.0 Å². The summed E-state index contributed by atoms with van der Waals surface area (Å²) >= 11 is 6.22. The largest absolute Gasteiger partial charge is 0.336 e. The van der Waals surface area contributed by atoms with Gasteiger partial charge in [-0.2, -0.15) is 4.31 Å². The van der Waals surface area contributed by atoms with Gasteiger partial charge in [-0.25, -0.2) is 13.4 Å². The van der Waals surface area contributed by atoms with Crippen molar-refractivity contribution in [1.82, 2.24) is 28.6 Å². The standard InChI is InChI=1S/C29H37ClN6O4S/c1-4-17-41(39,40)35-15-13-34(14-16-35)29(38)26-19-23-18-22(28(37)33-11-9-32(10-12-33)21(2)3)5-6-25(23)36(26)24-7-8-31-27(30)20-24/h5-8,18-21H,4,9-17H2,1-3H3. The first-order valence-electron chi connectivity index (χ1n) is 14.2. The van der Waals surface area contributed by atoms with Gasteiger partial charge in [0.05, 0.1) is 17.0 Å². The van der Waals surface area contributed by atoms with Crippen LogP contribution < -0.4 is 0 Å². The number of halogens is 1. The average molecular weight is 601 g/mol. The SMILES string of the molecule is CCCS(=O)(=O)N1CCN(C(=O)c2cc3cc(C(=O)N4CCN(C(C)C)CC4)ccc3n2-c2ccnc(Cl)c2)CC1. The first-order valence-corrected chi connectivity index (χ1v) is 16.2. The fourth-order valence-electron chi connectivity index (χ4n) is 5.66. The molecular weight excluding hydrogens is 564 g/mol. The minimum atomic E-state index is -3.32. The smallest absolute Gasteiger partial charge is 0.270 e. The van der Waals surface area contributed by atoms with Crippen molar-refractivity contribution < 1.29 is 18.0 Å². The van der Waals surface area contributed by atoms with Crippen molar-refractivity contribution in [1.29, 1.82) is 0 Å². The van der Waals surface area contributed by atoms with Gasteiger partial charge in [-0.15, -0.1) is 0 Å². The molecular formula is C29H37ClN6O4S. The second-order valence-corrected chi connectivity index (χ2v) is 13.4. The Bertz CT molecular complexity index is 1540. The third-order valence-corrected chi connectivity index (χ3v) is 10.2. The zero-order valence-corrected chi connectivity index (χ0v) is 25.4. The molecule has 2 amide bonds. The van der Waals surface area contributed by atoms with Crippen LogP contribution in [0.1, 0.15) is 48.0 Å². The zero-order valence-electron chi connectivity index (χ0n) is 23.8. The molecule has 10 nitrogen and oxygen atoms in total. The number of pyridine rings is 1. The normalized spacial score (nSPS) is 17.5. The molecule has 0 N–H and O–H groups in total. The van der Waals surface area contributed by atoms with Gasteiger partial charge in [0, 0.05) is 75.5 Å². The number of nitrogens with zero attached hydrogens (tertiary/aromatic N) is 6. The minimum absolute atomic E-state index is 0.0210. The van der Waals surface area contributed by atoms with Crippen LogP contribution in [0.15, 0.2) is 42.6 Å². The van der Waals surface area contributed by atoms with Crippen LogP contribution in [-0.2, 0) is 10.0 Å². The number of piperazine rings is 2. The predicted octanol–water partition coefficient (Wildman–Crippen LogP) is 3.34. The molecule has 2 aliphatic heterocycles. The molecule has 220 valence electrons. The summed E-state index contributed by atoms with van der Waals surface area (Å²) in [4.78, 5) is 37.3. The number of fused-ring (bicyclic) bond motifs is 1. The van der Waals surface area contributed by atoms with Crippen molar-refractivity contribution in [2.45, 2.75) is 33.2 Å². The lowest BCUT2D eigenvalue weighted by molar-refractivity contribution is 0.0595. The number of amides is 2. The predicted molar refractivity (Wildman–Crippen MR) is 160 cm³/mol. The zero-order chi connectivity index (χ0) is 29.3. The Kier molecular flexibility index (Phi) is 8.70. The molecule has 4 heterocycles. The highest BCUT2D eigenvalue weighted by Crippen LogP contribution is 2.28. The van der Waals surface area contributed by atoms with Gasteiger partial charge in [0.15, 0.2) is 0 Å². The highest BCUT2D eigenvalue weighted by Gasteiger charge is 2.31. The van der Waals surface area contributed by atoms with Crippen LogP contribution in [0.5, 0.6) is 0 Å². The number of aromatic nitrogens is 2. The van der Waals surface area contributed by atoms with Crippen molar-refractivity contribution in [2.75, 3.05) is 58.1 Å². The van der Waals surface area contributed by atoms with E-state index in [-0.39, 0.29) is 30.7 Å². The lowest BCUT2D eigenvalue weighted by Gasteiger charge is -2.37. The second-order valence-electron chi connectivity index (χ2n) is 10.9. The summed E-state index contributed by atoms with van der Waals surface area (Å²) in [6, 6.07) is 11.3. The topological polar surface area (TPSA) is 99.1 Å². The van der Waals surface area contributed by atoms with Crippen molar-refractivity contribution in [2.24, 2.45) is 0 Å². The Morgan fingerprint density at radius 1 is 0.902 bits per heavy atom. The number of carbonyl (C=O) groups is 2. The van der Waals surface area contributed by atoms with Gasteiger partial charge in [0.1, 0.15) is 10.8 Å². The molecule has 1 aromatic carbocycles. The van der Waals surface area contributed by atoms with Gasteiger partial charge >= 0.3 is 0 Å². The number of hydrogen-bond acceptors (Lipinski definition) is 6. The van der Waals surface area contributed by atoms with Gasteiger partial charge in [0.25, 0.3) is 11.8 Å². The maximum atomic E-state index is 13.9. The number of carbonyl (C=O) groups excluding carboxylic acids is 2. The molecule has 0 spiro atoms. The lowest BCUT2D eigenvalue weighted by Crippen LogP contribution is -2.51. The first kappa shape index (κ1) is 29.5. The van der Waals surface area contributed by atoms with Crippen LogP contribution in [0.4, 0.5) is 0 Å². The Morgan fingerprint density at radius 3 is 2.20 bits per heavy atom. The average Bonchev–Trinajstić information content (AvgIpc) is 3.35. The van der Waals surface area contributed by atoms with Crippen molar-refractivity contribution in [3.63, 3.8) is 0 Å². The third-order valence-electron chi connectivity index (χ3n) is 7.95. The number of rotatable bonds is 7. The van der Waals surface area contributed by atoms with E-state index in [4.69, 9.17) is 11.6 Å². The summed E-state index contributed by atoms with van der Waals surface area (Å²) in [5.41, 5.74) is 2.44. The molecule has 2 saturated heterocycles. The number of benzene rings is 1. The number of hydrogen-bond donors (Lipinski definition) is 0. The fourth-order valence-corrected chi connectivity index (χ4v) is 7.32. The summed E-state index contributed by atoms with van der Waals surface area (Å²) in [5.74, 6) is -0.126. The van der Waals surface area contributed by atoms with Gasteiger partial charge in [-0.05, 0) is 56.7 Å². The molecule has 2 aliphatic rings. The first-order chi connectivity index (χ1) is 19.6. The minimum Gasteiger partial charge on any atom is -0.336 e. The molecule has 41 heavy (non-hydrogen) atoms. The van der Waals surface area contributed by atoms with E-state index in [1.165, 1.54) is 4.31 Å². The Labute approximate surface area is 246 Å². The van der Waals surface area contributed by atoms with Crippen molar-refractivity contribution >= 4 is 44.3 Å². The quantitative estimate of drug-likeness (QED) is 0.386. The van der Waals surface area contributed by atoms with E-state index < -0.39 is 10.0 Å². The molecule has 5 rings (SSSR count). The Morgan fingerprint density at radius 2 is 1.56 bits per heavy atom. The molecule has 0 atom stereocenters. The summed E-state index contributed by atoms with van der Waals surface area (Å²) in [7, 11) is -3.32. The van der Waals surface area contributed by atoms with E-state index in [2.05, 4.69) is 23.7 Å². The van der Waals surface area contributed by atoms with Crippen molar-refractivity contribution in [3.05, 3.63) is 59.0 Å². The maximum absolute atomic E-state index is 13.9. The highest BCUT2D eigenvalue weighted by molar-refractivity contribution is 7.89. The van der Waals surface area contributed by atoms with Gasteiger partial charge in [-0.1, -0.05) is 18.5 Å². The third kappa shape index (κ3) is 6.13. The summed E-state index contributed by atoms with van der Waals surface area (Å²) in [5, 5.41) is 1.06. The monoisotopic (exact) mass is 600 g/mol. The molecule has 0 unspecified atom stereocenters. The van der Waals surface area contributed by atoms with Gasteiger partial charge < -0.3 is 14.4 Å². The van der Waals surface area contributed by atoms with Crippen LogP contribution in [0, 0.1) is 0 Å². The van der Waals surface area contributed by atoms with Crippen LogP contribution in [0.3, 0.4) is 0 Å². The molecule has 0 radical (unpaired) electrons. The Hall–Kier alpha value is -2.99. The molecule has 12 heteroatoms. The van der Waals surface area contributed by atoms with E-state index in [1.54, 1.807) is 29.3 Å². The molecule has 0 bridgehead atoms. The molecule has 0 saturated carbocycles. The molecule has 2 fully saturated rings. The number of sulfonamides is 1. The molecule has 2 aromatic heterocycles. The van der Waals surface area contributed by atoms with E-state index >= 15 is 0 Å². The van der Waals surface area contributed by atoms with E-state index in [0.717, 1.165) is 24.0 Å². The second kappa shape index (κ2) is 12.1. The van der Waals surface area contributed by atoms with E-state index in [1.807, 2.05) is 34.6 Å². The van der Waals surface area contributed by atoms with E-state index in [0.29, 0.717) is 60.7 Å². The molecule has 0 aliphatic carbocycles. The van der Waals surface area contributed by atoms with E-state index in [9.17, 15) is 18.0 Å². The van der Waals surface area contributed by atoms with Crippen LogP contribution in [0.2, 0.25) is 5.15 Å². The summed E-state index contributed by atoms with van der Waals surface area (Å²) in [6.07, 6.45) is 2.14. The van der Waals surface area contributed by atoms with Crippen LogP contribution >= 0.6 is 11.6 Å². The summed E-state index contributed by atoms with van der Waals surface area (Å²) < 4.78 is 28.4. The van der Waals surface area contributed by atoms with Crippen LogP contribution in [0.25, 0.3) is 16.6 Å². The Balaban J connectivity index is 1.45. The fraction of sp³-hybridized carbons (Fsp3) is 0.483. The lowest BCUT2D eigenvalue weighted by atomic mass is 10.1. The van der Waals surface area contributed by atoms with Crippen LogP contribution in [-0.4, -0.2) is 113 Å². The maximum Gasteiger partial charge on any atom is 0.270 e. The summed E-state index contributed by atoms with van der Waals surface area (Å²) in [6.45, 7) is 10.3. The van der Waals surface area contributed by atoms with Crippen molar-refractivity contribution in [3.8, 4) is 5.69 Å². The molecule has 3 aromatic rings. The van der Waals surface area contributed by atoms with Gasteiger partial charge in [-0.3, -0.25) is 14.5 Å². The highest BCUT2D eigenvalue weighted by atomic mass is 35.5.